The first-order valence-electron chi connectivity index (χ1n) is 14.9. The van der Waals surface area contributed by atoms with Crippen molar-refractivity contribution in [1.82, 2.24) is 30.3 Å². The van der Waals surface area contributed by atoms with Crippen LogP contribution in [0.1, 0.15) is 39.1 Å². The van der Waals surface area contributed by atoms with Crippen LogP contribution < -0.4 is 24.8 Å². The van der Waals surface area contributed by atoms with Gasteiger partial charge in [-0.2, -0.15) is 0 Å². The number of hydrogen-bond acceptors (Lipinski definition) is 8. The predicted molar refractivity (Wildman–Crippen MR) is 161 cm³/mol. The maximum atomic E-state index is 13.7. The van der Waals surface area contributed by atoms with Gasteiger partial charge in [0.1, 0.15) is 36.0 Å². The summed E-state index contributed by atoms with van der Waals surface area (Å²) in [6.45, 7) is 1.19. The van der Waals surface area contributed by atoms with Gasteiger partial charge in [-0.1, -0.05) is 12.1 Å². The van der Waals surface area contributed by atoms with Gasteiger partial charge in [-0.05, 0) is 72.9 Å². The highest BCUT2D eigenvalue weighted by molar-refractivity contribution is 5.96. The first kappa shape index (κ1) is 28.4. The summed E-state index contributed by atoms with van der Waals surface area (Å²) in [5.74, 6) is 1.12. The van der Waals surface area contributed by atoms with Gasteiger partial charge in [0.15, 0.2) is 6.61 Å². The molecule has 1 saturated carbocycles. The van der Waals surface area contributed by atoms with Crippen molar-refractivity contribution in [3.05, 3.63) is 96.1 Å². The van der Waals surface area contributed by atoms with Crippen molar-refractivity contribution in [2.24, 2.45) is 5.92 Å². The Hall–Kier alpha value is -5.39. The van der Waals surface area contributed by atoms with Crippen LogP contribution in [0.4, 0.5) is 0 Å². The van der Waals surface area contributed by atoms with E-state index in [0.717, 1.165) is 24.1 Å². The van der Waals surface area contributed by atoms with Crippen molar-refractivity contribution in [2.75, 3.05) is 26.3 Å². The molecule has 4 bridgehead atoms. The van der Waals surface area contributed by atoms with Gasteiger partial charge in [0.05, 0.1) is 19.2 Å². The fraction of sp³-hybridized carbons (Fsp3) is 0.303. The van der Waals surface area contributed by atoms with E-state index in [9.17, 15) is 14.4 Å². The van der Waals surface area contributed by atoms with Crippen molar-refractivity contribution >= 4 is 17.7 Å². The van der Waals surface area contributed by atoms with E-state index in [4.69, 9.17) is 14.2 Å². The molecule has 0 spiro atoms. The van der Waals surface area contributed by atoms with Crippen molar-refractivity contribution in [2.45, 2.75) is 31.5 Å². The molecule has 3 amide bonds. The molecule has 3 aliphatic heterocycles. The molecule has 4 heterocycles. The molecule has 12 heteroatoms. The molecule has 2 N–H and O–H groups in total. The van der Waals surface area contributed by atoms with E-state index in [1.807, 2.05) is 36.4 Å². The summed E-state index contributed by atoms with van der Waals surface area (Å²) >= 11 is 0. The number of likely N-dealkylation sites (tertiary alicyclic amines) is 1. The summed E-state index contributed by atoms with van der Waals surface area (Å²) in [5.41, 5.74) is 2.56. The summed E-state index contributed by atoms with van der Waals surface area (Å²) in [7, 11) is 0. The average molecular weight is 609 g/mol. The second-order valence-corrected chi connectivity index (χ2v) is 11.5. The number of aromatic nitrogens is 3. The lowest BCUT2D eigenvalue weighted by Crippen LogP contribution is -2.45. The standard InChI is InChI=1S/C33H32N6O6/c40-31-18-44-28-12-24(11-27(13-28)43-17-22-1-2-22)32(41)37-29-15-38(16-30(29)45-26-9-3-21(4-10-26)14-34-31)33(42)23-5-7-25(8-6-23)39-19-35-36-20-39/h3-13,19-20,22,29-30H,1-2,14-18H2,(H,34,40)(H,37,41)/t29-,30-/m0/s1. The number of carbonyl (C=O) groups excluding carboxylic acids is 3. The number of fused-ring (bicyclic) bond motifs is 7. The number of nitrogens with zero attached hydrogens (tertiary/aromatic N) is 4. The number of benzene rings is 3. The number of hydrogen-bond donors (Lipinski definition) is 2. The van der Waals surface area contributed by atoms with Crippen LogP contribution in [-0.4, -0.2) is 75.8 Å². The van der Waals surface area contributed by atoms with Gasteiger partial charge < -0.3 is 29.7 Å². The lowest BCUT2D eigenvalue weighted by Gasteiger charge is -2.21. The zero-order chi connectivity index (χ0) is 30.8. The number of carbonyl (C=O) groups is 3. The van der Waals surface area contributed by atoms with Crippen LogP contribution in [-0.2, 0) is 11.3 Å². The molecule has 2 fully saturated rings. The zero-order valence-corrected chi connectivity index (χ0v) is 24.4. The Morgan fingerprint density at radius 3 is 2.47 bits per heavy atom. The fourth-order valence-electron chi connectivity index (χ4n) is 5.37. The van der Waals surface area contributed by atoms with Crippen LogP contribution in [0.5, 0.6) is 17.2 Å². The Morgan fingerprint density at radius 1 is 0.933 bits per heavy atom. The molecule has 1 aliphatic carbocycles. The highest BCUT2D eigenvalue weighted by Crippen LogP contribution is 2.31. The van der Waals surface area contributed by atoms with Gasteiger partial charge in [0.2, 0.25) is 0 Å². The van der Waals surface area contributed by atoms with Gasteiger partial charge in [-0.15, -0.1) is 10.2 Å². The monoisotopic (exact) mass is 608 g/mol. The number of ether oxygens (including phenoxy) is 3. The molecular formula is C33H32N6O6. The third kappa shape index (κ3) is 6.74. The van der Waals surface area contributed by atoms with Crippen LogP contribution in [0.2, 0.25) is 0 Å². The van der Waals surface area contributed by atoms with E-state index in [2.05, 4.69) is 20.8 Å². The van der Waals surface area contributed by atoms with E-state index >= 15 is 0 Å². The summed E-state index contributed by atoms with van der Waals surface area (Å²) in [4.78, 5) is 41.5. The Morgan fingerprint density at radius 2 is 1.71 bits per heavy atom. The van der Waals surface area contributed by atoms with E-state index in [1.54, 1.807) is 52.5 Å². The van der Waals surface area contributed by atoms with Crippen molar-refractivity contribution in [3.63, 3.8) is 0 Å². The molecule has 2 atom stereocenters. The molecule has 1 saturated heterocycles. The van der Waals surface area contributed by atoms with Crippen LogP contribution >= 0.6 is 0 Å². The first-order valence-corrected chi connectivity index (χ1v) is 14.9. The smallest absolute Gasteiger partial charge is 0.258 e. The van der Waals surface area contributed by atoms with Crippen LogP contribution in [0.25, 0.3) is 5.69 Å². The van der Waals surface area contributed by atoms with E-state index in [0.29, 0.717) is 47.4 Å². The summed E-state index contributed by atoms with van der Waals surface area (Å²) in [5, 5.41) is 13.6. The van der Waals surface area contributed by atoms with E-state index < -0.39 is 12.1 Å². The predicted octanol–water partition coefficient (Wildman–Crippen LogP) is 2.77. The topological polar surface area (TPSA) is 137 Å². The SMILES string of the molecule is O=C1COc2cc(OCC3CC3)cc(c2)C(=O)N[C@H]2CN(C(=O)c3ccc(-n4cnnc4)cc3)C[C@@H]2Oc2ccc(cc2)CN1. The molecule has 4 aromatic rings. The summed E-state index contributed by atoms with van der Waals surface area (Å²) < 4.78 is 19.9. The van der Waals surface area contributed by atoms with Gasteiger partial charge in [-0.3, -0.25) is 19.0 Å². The maximum absolute atomic E-state index is 13.7. The minimum Gasteiger partial charge on any atom is -0.493 e. The van der Waals surface area contributed by atoms with E-state index in [-0.39, 0.29) is 37.4 Å². The molecule has 8 rings (SSSR count). The lowest BCUT2D eigenvalue weighted by atomic mass is 10.1. The first-order chi connectivity index (χ1) is 22.0. The summed E-state index contributed by atoms with van der Waals surface area (Å²) in [6, 6.07) is 19.0. The molecule has 12 nitrogen and oxygen atoms in total. The minimum absolute atomic E-state index is 0.171. The molecule has 45 heavy (non-hydrogen) atoms. The second-order valence-electron chi connectivity index (χ2n) is 11.5. The van der Waals surface area contributed by atoms with Gasteiger partial charge in [0.25, 0.3) is 17.7 Å². The molecular weight excluding hydrogens is 576 g/mol. The Kier molecular flexibility index (Phi) is 7.76. The fourth-order valence-corrected chi connectivity index (χ4v) is 5.37. The second kappa shape index (κ2) is 12.3. The van der Waals surface area contributed by atoms with E-state index in [1.165, 1.54) is 0 Å². The number of nitrogens with one attached hydrogen (secondary N) is 2. The molecule has 4 aliphatic rings. The minimum atomic E-state index is -0.513. The van der Waals surface area contributed by atoms with Gasteiger partial charge >= 0.3 is 0 Å². The van der Waals surface area contributed by atoms with Gasteiger partial charge in [0, 0.05) is 36.0 Å². The third-order valence-electron chi connectivity index (χ3n) is 8.10. The van der Waals surface area contributed by atoms with Crippen LogP contribution in [0.3, 0.4) is 0 Å². The molecule has 0 radical (unpaired) electrons. The Balaban J connectivity index is 1.15. The normalized spacial score (nSPS) is 19.9. The van der Waals surface area contributed by atoms with Crippen LogP contribution in [0.15, 0.2) is 79.4 Å². The average Bonchev–Trinajstić information content (AvgIpc) is 3.57. The highest BCUT2D eigenvalue weighted by atomic mass is 16.5. The van der Waals surface area contributed by atoms with Crippen molar-refractivity contribution in [3.8, 4) is 22.9 Å². The van der Waals surface area contributed by atoms with Crippen LogP contribution in [0, 0.1) is 5.92 Å². The van der Waals surface area contributed by atoms with Crippen molar-refractivity contribution < 1.29 is 28.6 Å². The zero-order valence-electron chi connectivity index (χ0n) is 24.4. The number of rotatable bonds is 5. The van der Waals surface area contributed by atoms with Gasteiger partial charge in [-0.25, -0.2) is 0 Å². The third-order valence-corrected chi connectivity index (χ3v) is 8.10. The highest BCUT2D eigenvalue weighted by Gasteiger charge is 2.38. The molecule has 0 unspecified atom stereocenters. The van der Waals surface area contributed by atoms with Crippen molar-refractivity contribution in [1.29, 1.82) is 0 Å². The Bertz CT molecular complexity index is 1690. The molecule has 1 aromatic heterocycles. The lowest BCUT2D eigenvalue weighted by molar-refractivity contribution is -0.123. The molecule has 3 aromatic carbocycles. The molecule has 230 valence electrons. The quantitative estimate of drug-likeness (QED) is 0.353. The number of amides is 3. The maximum Gasteiger partial charge on any atom is 0.258 e. The summed E-state index contributed by atoms with van der Waals surface area (Å²) in [6.07, 6.45) is 4.91. The largest absolute Gasteiger partial charge is 0.493 e. The Labute approximate surface area is 259 Å².